The zero-order chi connectivity index (χ0) is 26.7. The topological polar surface area (TPSA) is 128 Å². The van der Waals surface area contributed by atoms with E-state index in [-0.39, 0.29) is 12.3 Å². The average Bonchev–Trinajstić information content (AvgIpc) is 3.24. The molecule has 10 heteroatoms. The zero-order valence-electron chi connectivity index (χ0n) is 20.9. The first kappa shape index (κ1) is 28.9. The summed E-state index contributed by atoms with van der Waals surface area (Å²) >= 11 is 8.40. The molecule has 0 radical (unpaired) electrons. The molecule has 5 N–H and O–H groups in total. The molecule has 0 saturated heterocycles. The predicted molar refractivity (Wildman–Crippen MR) is 152 cm³/mol. The summed E-state index contributed by atoms with van der Waals surface area (Å²) in [4.78, 5) is 26.2. The van der Waals surface area contributed by atoms with Crippen molar-refractivity contribution >= 4 is 52.4 Å². The van der Waals surface area contributed by atoms with Crippen LogP contribution in [0.3, 0.4) is 0 Å². The van der Waals surface area contributed by atoms with Crippen LogP contribution in [0.5, 0.6) is 0 Å². The van der Waals surface area contributed by atoms with Crippen molar-refractivity contribution in [3.8, 4) is 5.69 Å². The van der Waals surface area contributed by atoms with E-state index in [1.165, 1.54) is 0 Å². The van der Waals surface area contributed by atoms with E-state index in [0.717, 1.165) is 58.1 Å². The van der Waals surface area contributed by atoms with E-state index in [2.05, 4.69) is 29.5 Å². The summed E-state index contributed by atoms with van der Waals surface area (Å²) in [7, 11) is 1.73. The Morgan fingerprint density at radius 1 is 1.36 bits per heavy atom. The van der Waals surface area contributed by atoms with E-state index >= 15 is 0 Å². The molecule has 0 bridgehead atoms. The van der Waals surface area contributed by atoms with Crippen molar-refractivity contribution in [2.75, 3.05) is 19.3 Å². The Kier molecular flexibility index (Phi) is 11.5. The van der Waals surface area contributed by atoms with Gasteiger partial charge in [0.1, 0.15) is 0 Å². The number of amides is 2. The van der Waals surface area contributed by atoms with Gasteiger partial charge in [-0.05, 0) is 43.2 Å². The smallest absolute Gasteiger partial charge is 0.251 e. The Labute approximate surface area is 221 Å². The second kappa shape index (κ2) is 14.3. The summed E-state index contributed by atoms with van der Waals surface area (Å²) < 4.78 is 1.85. The number of benzene rings is 1. The summed E-state index contributed by atoms with van der Waals surface area (Å²) in [5.74, 6) is 0.738. The van der Waals surface area contributed by atoms with E-state index in [9.17, 15) is 4.79 Å². The van der Waals surface area contributed by atoms with Gasteiger partial charge in [0, 0.05) is 42.2 Å². The van der Waals surface area contributed by atoms with Crippen LogP contribution >= 0.6 is 23.4 Å². The Bertz CT molecular complexity index is 1200. The molecule has 0 spiro atoms. The molecule has 2 amide bonds. The summed E-state index contributed by atoms with van der Waals surface area (Å²) in [6.07, 6.45) is 8.07. The molecule has 36 heavy (non-hydrogen) atoms. The molecular formula is C26H33ClN6O2S. The van der Waals surface area contributed by atoms with Gasteiger partial charge in [0.2, 0.25) is 6.41 Å². The van der Waals surface area contributed by atoms with Crippen molar-refractivity contribution < 1.29 is 9.59 Å². The van der Waals surface area contributed by atoms with Gasteiger partial charge in [0.05, 0.1) is 27.0 Å². The first-order chi connectivity index (χ1) is 17.4. The van der Waals surface area contributed by atoms with Gasteiger partial charge < -0.3 is 16.8 Å². The number of hydrogen-bond acceptors (Lipinski definition) is 6. The largest absolute Gasteiger partial charge is 0.401 e. The van der Waals surface area contributed by atoms with Crippen molar-refractivity contribution in [3.63, 3.8) is 0 Å². The van der Waals surface area contributed by atoms with Crippen molar-refractivity contribution in [3.05, 3.63) is 70.2 Å². The molecule has 0 unspecified atom stereocenters. The van der Waals surface area contributed by atoms with Gasteiger partial charge in [-0.2, -0.15) is 5.10 Å². The molecule has 0 fully saturated rings. The van der Waals surface area contributed by atoms with Crippen molar-refractivity contribution in [2.45, 2.75) is 33.1 Å². The van der Waals surface area contributed by atoms with Crippen LogP contribution in [0.4, 0.5) is 0 Å². The Morgan fingerprint density at radius 3 is 2.67 bits per heavy atom. The lowest BCUT2D eigenvalue weighted by molar-refractivity contribution is -0.106. The highest BCUT2D eigenvalue weighted by Crippen LogP contribution is 2.41. The molecule has 1 aromatic carbocycles. The summed E-state index contributed by atoms with van der Waals surface area (Å²) in [6.45, 7) is 8.57. The molecule has 1 heterocycles. The fourth-order valence-electron chi connectivity index (χ4n) is 3.77. The van der Waals surface area contributed by atoms with Crippen LogP contribution in [-0.4, -0.2) is 47.7 Å². The minimum atomic E-state index is -0.143. The van der Waals surface area contributed by atoms with Crippen LogP contribution in [0.1, 0.15) is 54.0 Å². The van der Waals surface area contributed by atoms with Crippen LogP contribution in [0.15, 0.2) is 47.6 Å². The molecular weight excluding hydrogens is 496 g/mol. The number of nitrogens with one attached hydrogen (secondary N) is 1. The second-order valence-electron chi connectivity index (χ2n) is 7.68. The number of nitrogens with two attached hydrogens (primary N) is 2. The third-order valence-electron chi connectivity index (χ3n) is 5.24. The number of carbonyl (C=O) groups excluding carboxylic acids is 2. The van der Waals surface area contributed by atoms with Gasteiger partial charge in [-0.1, -0.05) is 44.2 Å². The van der Waals surface area contributed by atoms with Crippen molar-refractivity contribution in [1.29, 1.82) is 0 Å². The Balaban J connectivity index is 0.00000145. The first-order valence-corrected chi connectivity index (χ1v) is 13.0. The van der Waals surface area contributed by atoms with Crippen molar-refractivity contribution in [1.82, 2.24) is 15.1 Å². The maximum Gasteiger partial charge on any atom is 0.251 e. The molecule has 0 aliphatic heterocycles. The maximum atomic E-state index is 12.4. The molecule has 1 aromatic heterocycles. The van der Waals surface area contributed by atoms with Gasteiger partial charge in [-0.25, -0.2) is 4.68 Å². The van der Waals surface area contributed by atoms with E-state index in [0.29, 0.717) is 22.8 Å². The number of fused-ring (bicyclic) bond motifs is 1. The maximum absolute atomic E-state index is 12.4. The number of nitrogens with zero attached hydrogens (tertiary/aromatic N) is 3. The monoisotopic (exact) mass is 528 g/mol. The number of primary amides is 1. The number of aliphatic imine (C=N–C) groups is 1. The molecule has 1 aliphatic rings. The number of carbonyl (C=O) groups is 2. The quantitative estimate of drug-likeness (QED) is 0.253. The van der Waals surface area contributed by atoms with Gasteiger partial charge in [0.15, 0.2) is 0 Å². The third kappa shape index (κ3) is 6.67. The lowest BCUT2D eigenvalue weighted by atomic mass is 9.96. The molecule has 0 atom stereocenters. The molecule has 8 nitrogen and oxygen atoms in total. The lowest BCUT2D eigenvalue weighted by Crippen LogP contribution is -2.24. The fraction of sp³-hybridized carbons (Fsp3) is 0.308. The normalized spacial score (nSPS) is 13.2. The SMILES string of the molecule is C=C/C=C(\C=NC)c1nn(-c2ccc(C(=O)NCCC)cc2Cl)c2c1CCC(N)=C2SCC.NC=O. The van der Waals surface area contributed by atoms with Crippen LogP contribution in [0.2, 0.25) is 5.02 Å². The second-order valence-corrected chi connectivity index (χ2v) is 9.36. The Morgan fingerprint density at radius 2 is 2.08 bits per heavy atom. The number of hydrogen-bond donors (Lipinski definition) is 3. The van der Waals surface area contributed by atoms with E-state index in [1.807, 2.05) is 23.7 Å². The Hall–Kier alpha value is -3.30. The highest BCUT2D eigenvalue weighted by atomic mass is 35.5. The predicted octanol–water partition coefficient (Wildman–Crippen LogP) is 4.36. The number of rotatable bonds is 9. The van der Waals surface area contributed by atoms with Gasteiger partial charge in [-0.3, -0.25) is 14.6 Å². The highest BCUT2D eigenvalue weighted by molar-refractivity contribution is 8.08. The number of aromatic nitrogens is 2. The standard InChI is InChI=1S/C25H30ClN5OS.CH3NO/c1-5-8-17(15-28-4)22-18-10-11-20(27)24(33-7-3)23(18)31(30-22)21-12-9-16(14-19(21)26)25(32)29-13-6-2;2-1-3/h5,8-9,12,14-15H,1,6-7,10-11,13,27H2,2-4H3,(H,29,32);1H,(H2,2,3)/b17-8+,28-15?;. The summed E-state index contributed by atoms with van der Waals surface area (Å²) in [5, 5.41) is 8.30. The highest BCUT2D eigenvalue weighted by Gasteiger charge is 2.29. The minimum Gasteiger partial charge on any atom is -0.401 e. The molecule has 0 saturated carbocycles. The van der Waals surface area contributed by atoms with E-state index in [1.54, 1.807) is 43.2 Å². The molecule has 1 aliphatic carbocycles. The fourth-order valence-corrected chi connectivity index (χ4v) is 4.95. The summed E-state index contributed by atoms with van der Waals surface area (Å²) in [6, 6.07) is 5.30. The lowest BCUT2D eigenvalue weighted by Gasteiger charge is -2.20. The average molecular weight is 529 g/mol. The minimum absolute atomic E-state index is 0.143. The number of allylic oxidation sites excluding steroid dienone is 4. The molecule has 3 rings (SSSR count). The van der Waals surface area contributed by atoms with E-state index < -0.39 is 0 Å². The van der Waals surface area contributed by atoms with Crippen LogP contribution in [-0.2, 0) is 11.2 Å². The number of thioether (sulfide) groups is 1. The zero-order valence-corrected chi connectivity index (χ0v) is 22.5. The molecule has 192 valence electrons. The van der Waals surface area contributed by atoms with Gasteiger partial charge in [0.25, 0.3) is 5.91 Å². The molecule has 2 aromatic rings. The third-order valence-corrected chi connectivity index (χ3v) is 6.57. The number of halogens is 1. The van der Waals surface area contributed by atoms with Crippen LogP contribution in [0.25, 0.3) is 16.2 Å². The van der Waals surface area contributed by atoms with Gasteiger partial charge in [-0.15, -0.1) is 11.8 Å². The first-order valence-electron chi connectivity index (χ1n) is 11.6. The van der Waals surface area contributed by atoms with E-state index in [4.69, 9.17) is 27.2 Å². The van der Waals surface area contributed by atoms with Crippen LogP contribution < -0.4 is 16.8 Å². The van der Waals surface area contributed by atoms with Crippen LogP contribution in [0, 0.1) is 0 Å². The van der Waals surface area contributed by atoms with Crippen molar-refractivity contribution in [2.24, 2.45) is 16.5 Å². The van der Waals surface area contributed by atoms with Gasteiger partial charge >= 0.3 is 0 Å². The summed E-state index contributed by atoms with van der Waals surface area (Å²) in [5.41, 5.74) is 16.4.